The summed E-state index contributed by atoms with van der Waals surface area (Å²) in [6.45, 7) is 9.25. The molecule has 1 aromatic heterocycles. The molecule has 0 bridgehead atoms. The van der Waals surface area contributed by atoms with E-state index in [1.165, 1.54) is 6.07 Å². The Kier molecular flexibility index (Phi) is 4.21. The van der Waals surface area contributed by atoms with Crippen molar-refractivity contribution in [1.82, 2.24) is 10.3 Å². The zero-order chi connectivity index (χ0) is 14.8. The Morgan fingerprint density at radius 1 is 1.32 bits per heavy atom. The van der Waals surface area contributed by atoms with Gasteiger partial charge >= 0.3 is 0 Å². The number of nitriles is 1. The monoisotopic (exact) mass is 279 g/mol. The van der Waals surface area contributed by atoms with Crippen molar-refractivity contribution in [2.75, 3.05) is 0 Å². The van der Waals surface area contributed by atoms with Gasteiger partial charge in [-0.1, -0.05) is 32.4 Å². The van der Waals surface area contributed by atoms with Crippen molar-refractivity contribution in [3.05, 3.63) is 28.5 Å². The molecule has 0 saturated heterocycles. The Hall–Kier alpha value is -1.60. The van der Waals surface area contributed by atoms with Gasteiger partial charge in [0.1, 0.15) is 10.7 Å². The van der Waals surface area contributed by atoms with E-state index >= 15 is 0 Å². The van der Waals surface area contributed by atoms with E-state index in [0.29, 0.717) is 5.56 Å². The fraction of sp³-hybridized carbons (Fsp3) is 0.500. The van der Waals surface area contributed by atoms with Crippen LogP contribution in [0.1, 0.15) is 50.7 Å². The van der Waals surface area contributed by atoms with Crippen LogP contribution in [0.4, 0.5) is 0 Å². The van der Waals surface area contributed by atoms with Crippen LogP contribution in [0, 0.1) is 11.3 Å². The topological polar surface area (TPSA) is 65.8 Å². The molecule has 0 radical (unpaired) electrons. The SMILES string of the molecule is CC(C)(C#N)NC(=O)c1cc(Cl)nc(C(C)(C)C)c1. The number of aromatic nitrogens is 1. The Balaban J connectivity index is 3.12. The average molecular weight is 280 g/mol. The molecule has 0 saturated carbocycles. The molecule has 0 aliphatic rings. The van der Waals surface area contributed by atoms with E-state index in [-0.39, 0.29) is 16.5 Å². The molecule has 0 aliphatic heterocycles. The molecule has 0 fully saturated rings. The molecule has 1 rings (SSSR count). The maximum atomic E-state index is 12.1. The molecule has 0 spiro atoms. The van der Waals surface area contributed by atoms with Gasteiger partial charge in [0, 0.05) is 16.7 Å². The Labute approximate surface area is 118 Å². The minimum atomic E-state index is -0.922. The van der Waals surface area contributed by atoms with Crippen molar-refractivity contribution >= 4 is 17.5 Å². The fourth-order valence-corrected chi connectivity index (χ4v) is 1.60. The van der Waals surface area contributed by atoms with Crippen molar-refractivity contribution in [3.8, 4) is 6.07 Å². The van der Waals surface area contributed by atoms with Gasteiger partial charge in [0.15, 0.2) is 0 Å². The predicted octanol–water partition coefficient (Wildman–Crippen LogP) is 3.06. The molecule has 19 heavy (non-hydrogen) atoms. The highest BCUT2D eigenvalue weighted by Crippen LogP contribution is 2.23. The van der Waals surface area contributed by atoms with Crippen molar-refractivity contribution in [2.45, 2.75) is 45.6 Å². The quantitative estimate of drug-likeness (QED) is 0.846. The summed E-state index contributed by atoms with van der Waals surface area (Å²) in [6, 6.07) is 5.22. The third-order valence-electron chi connectivity index (χ3n) is 2.53. The summed E-state index contributed by atoms with van der Waals surface area (Å²) in [5, 5.41) is 11.8. The second-order valence-electron chi connectivity index (χ2n) is 6.00. The highest BCUT2D eigenvalue weighted by molar-refractivity contribution is 6.29. The van der Waals surface area contributed by atoms with Crippen LogP contribution in [-0.2, 0) is 5.41 Å². The summed E-state index contributed by atoms with van der Waals surface area (Å²) < 4.78 is 0. The van der Waals surface area contributed by atoms with Gasteiger partial charge in [0.2, 0.25) is 0 Å². The van der Waals surface area contributed by atoms with Gasteiger partial charge in [0.25, 0.3) is 5.91 Å². The van der Waals surface area contributed by atoms with E-state index < -0.39 is 5.54 Å². The molecular weight excluding hydrogens is 262 g/mol. The Morgan fingerprint density at radius 2 is 1.89 bits per heavy atom. The predicted molar refractivity (Wildman–Crippen MR) is 75.1 cm³/mol. The summed E-state index contributed by atoms with van der Waals surface area (Å²) in [7, 11) is 0. The first kappa shape index (κ1) is 15.5. The number of halogens is 1. The van der Waals surface area contributed by atoms with Crippen molar-refractivity contribution in [3.63, 3.8) is 0 Å². The number of pyridine rings is 1. The van der Waals surface area contributed by atoms with Crippen LogP contribution in [0.15, 0.2) is 12.1 Å². The molecule has 102 valence electrons. The molecule has 0 aromatic carbocycles. The molecule has 1 amide bonds. The zero-order valence-electron chi connectivity index (χ0n) is 11.8. The lowest BCUT2D eigenvalue weighted by Gasteiger charge is -2.20. The highest BCUT2D eigenvalue weighted by atomic mass is 35.5. The molecule has 5 heteroatoms. The number of carbonyl (C=O) groups excluding carboxylic acids is 1. The lowest BCUT2D eigenvalue weighted by atomic mass is 9.90. The van der Waals surface area contributed by atoms with Crippen LogP contribution in [-0.4, -0.2) is 16.4 Å². The maximum absolute atomic E-state index is 12.1. The molecule has 1 heterocycles. The molecule has 1 aromatic rings. The summed E-state index contributed by atoms with van der Waals surface area (Å²) in [5.74, 6) is -0.332. The van der Waals surface area contributed by atoms with Gasteiger partial charge in [-0.3, -0.25) is 4.79 Å². The van der Waals surface area contributed by atoms with E-state index in [1.54, 1.807) is 19.9 Å². The normalized spacial score (nSPS) is 11.8. The first-order chi connectivity index (χ1) is 8.55. The number of amides is 1. The average Bonchev–Trinajstić information content (AvgIpc) is 2.26. The third-order valence-corrected chi connectivity index (χ3v) is 2.72. The van der Waals surface area contributed by atoms with Crippen molar-refractivity contribution < 1.29 is 4.79 Å². The number of hydrogen-bond donors (Lipinski definition) is 1. The summed E-state index contributed by atoms with van der Waals surface area (Å²) in [4.78, 5) is 16.3. The van der Waals surface area contributed by atoms with Crippen LogP contribution in [0.2, 0.25) is 5.15 Å². The lowest BCUT2D eigenvalue weighted by molar-refractivity contribution is 0.0929. The molecule has 1 N–H and O–H groups in total. The van der Waals surface area contributed by atoms with Gasteiger partial charge in [-0.2, -0.15) is 5.26 Å². The van der Waals surface area contributed by atoms with E-state index in [2.05, 4.69) is 10.3 Å². The number of nitrogens with zero attached hydrogens (tertiary/aromatic N) is 2. The number of carbonyl (C=O) groups is 1. The van der Waals surface area contributed by atoms with Gasteiger partial charge < -0.3 is 5.32 Å². The number of rotatable bonds is 2. The van der Waals surface area contributed by atoms with Crippen molar-refractivity contribution in [2.24, 2.45) is 0 Å². The number of nitrogens with one attached hydrogen (secondary N) is 1. The summed E-state index contributed by atoms with van der Waals surface area (Å²) >= 11 is 5.95. The second-order valence-corrected chi connectivity index (χ2v) is 6.39. The first-order valence-corrected chi connectivity index (χ1v) is 6.35. The number of hydrogen-bond acceptors (Lipinski definition) is 3. The first-order valence-electron chi connectivity index (χ1n) is 5.97. The lowest BCUT2D eigenvalue weighted by Crippen LogP contribution is -2.42. The Morgan fingerprint density at radius 3 is 2.37 bits per heavy atom. The minimum Gasteiger partial charge on any atom is -0.334 e. The zero-order valence-corrected chi connectivity index (χ0v) is 12.6. The Bertz CT molecular complexity index is 539. The van der Waals surface area contributed by atoms with Crippen LogP contribution in [0.3, 0.4) is 0 Å². The van der Waals surface area contributed by atoms with Gasteiger partial charge in [0.05, 0.1) is 6.07 Å². The fourth-order valence-electron chi connectivity index (χ4n) is 1.40. The van der Waals surface area contributed by atoms with Crippen LogP contribution in [0.25, 0.3) is 0 Å². The molecule has 4 nitrogen and oxygen atoms in total. The molecule has 0 aliphatic carbocycles. The molecule has 0 atom stereocenters. The standard InChI is InChI=1S/C14H18ClN3O/c1-13(2,3)10-6-9(7-11(15)17-10)12(19)18-14(4,5)8-16/h6-7H,1-5H3,(H,18,19). The van der Waals surface area contributed by atoms with E-state index in [0.717, 1.165) is 5.69 Å². The van der Waals surface area contributed by atoms with E-state index in [4.69, 9.17) is 16.9 Å². The van der Waals surface area contributed by atoms with Crippen molar-refractivity contribution in [1.29, 1.82) is 5.26 Å². The van der Waals surface area contributed by atoms with Gasteiger partial charge in [-0.25, -0.2) is 4.98 Å². The van der Waals surface area contributed by atoms with E-state index in [9.17, 15) is 4.79 Å². The molecular formula is C14H18ClN3O. The highest BCUT2D eigenvalue weighted by Gasteiger charge is 2.23. The third kappa shape index (κ3) is 4.22. The van der Waals surface area contributed by atoms with E-state index in [1.807, 2.05) is 26.8 Å². The van der Waals surface area contributed by atoms with Crippen LogP contribution >= 0.6 is 11.6 Å². The van der Waals surface area contributed by atoms with Crippen LogP contribution in [0.5, 0.6) is 0 Å². The summed E-state index contributed by atoms with van der Waals surface area (Å²) in [5.41, 5.74) is 0.0209. The minimum absolute atomic E-state index is 0.204. The molecule has 0 unspecified atom stereocenters. The van der Waals surface area contributed by atoms with Gasteiger partial charge in [-0.05, 0) is 26.0 Å². The smallest absolute Gasteiger partial charge is 0.252 e. The maximum Gasteiger partial charge on any atom is 0.252 e. The second kappa shape index (κ2) is 5.18. The largest absolute Gasteiger partial charge is 0.334 e. The van der Waals surface area contributed by atoms with Gasteiger partial charge in [-0.15, -0.1) is 0 Å². The summed E-state index contributed by atoms with van der Waals surface area (Å²) in [6.07, 6.45) is 0. The van der Waals surface area contributed by atoms with Crippen LogP contribution < -0.4 is 5.32 Å².